The Morgan fingerprint density at radius 1 is 1.30 bits per heavy atom. The number of aromatic nitrogens is 3. The first-order chi connectivity index (χ1) is 13.2. The highest BCUT2D eigenvalue weighted by molar-refractivity contribution is 5.92. The highest BCUT2D eigenvalue weighted by Crippen LogP contribution is 2.24. The summed E-state index contributed by atoms with van der Waals surface area (Å²) in [5.74, 6) is 1.43. The van der Waals surface area contributed by atoms with Crippen LogP contribution in [0.2, 0.25) is 0 Å². The quantitative estimate of drug-likeness (QED) is 0.702. The molecule has 3 aromatic rings. The van der Waals surface area contributed by atoms with Gasteiger partial charge in [-0.05, 0) is 43.0 Å². The van der Waals surface area contributed by atoms with Crippen molar-refractivity contribution in [3.63, 3.8) is 0 Å². The Balaban J connectivity index is 1.41. The third-order valence-electron chi connectivity index (χ3n) is 4.92. The van der Waals surface area contributed by atoms with Gasteiger partial charge < -0.3 is 19.9 Å². The highest BCUT2D eigenvalue weighted by atomic mass is 16.5. The molecule has 1 aliphatic heterocycles. The Kier molecular flexibility index (Phi) is 4.91. The van der Waals surface area contributed by atoms with Crippen LogP contribution in [0.3, 0.4) is 0 Å². The molecule has 1 aromatic carbocycles. The smallest absolute Gasteiger partial charge is 0.274 e. The van der Waals surface area contributed by atoms with Gasteiger partial charge in [0.05, 0.1) is 19.5 Å². The van der Waals surface area contributed by atoms with E-state index in [0.717, 1.165) is 49.0 Å². The minimum Gasteiger partial charge on any atom is -0.497 e. The number of carbonyl (C=O) groups is 1. The maximum Gasteiger partial charge on any atom is 0.274 e. The summed E-state index contributed by atoms with van der Waals surface area (Å²) in [5, 5.41) is 4.43. The van der Waals surface area contributed by atoms with Crippen molar-refractivity contribution >= 4 is 22.6 Å². The normalized spacial score (nSPS) is 13.9. The predicted octanol–water partition coefficient (Wildman–Crippen LogP) is 2.86. The van der Waals surface area contributed by atoms with Gasteiger partial charge in [0.15, 0.2) is 0 Å². The van der Waals surface area contributed by atoms with Gasteiger partial charge in [-0.15, -0.1) is 0 Å². The molecule has 1 fully saturated rings. The van der Waals surface area contributed by atoms with E-state index in [2.05, 4.69) is 20.3 Å². The van der Waals surface area contributed by atoms with E-state index >= 15 is 0 Å². The Hall–Kier alpha value is -3.09. The lowest BCUT2D eigenvalue weighted by Crippen LogP contribution is -2.28. The van der Waals surface area contributed by atoms with Crippen molar-refractivity contribution in [2.24, 2.45) is 0 Å². The minimum atomic E-state index is -0.0348. The number of aromatic amines is 1. The number of H-pyrrole nitrogens is 1. The maximum atomic E-state index is 12.4. The lowest BCUT2D eigenvalue weighted by Gasteiger charge is -2.14. The Morgan fingerprint density at radius 3 is 2.96 bits per heavy atom. The molecule has 0 saturated carbocycles. The molecule has 140 valence electrons. The molecule has 0 atom stereocenters. The Morgan fingerprint density at radius 2 is 2.15 bits per heavy atom. The van der Waals surface area contributed by atoms with Gasteiger partial charge in [0.25, 0.3) is 5.91 Å². The summed E-state index contributed by atoms with van der Waals surface area (Å²) >= 11 is 0. The van der Waals surface area contributed by atoms with Gasteiger partial charge in [0.1, 0.15) is 17.3 Å². The van der Waals surface area contributed by atoms with Crippen molar-refractivity contribution < 1.29 is 9.53 Å². The number of methoxy groups -OCH3 is 1. The number of likely N-dealkylation sites (tertiary alicyclic amines) is 1. The standard InChI is InChI=1S/C20H23N5O2/c1-27-15-4-5-17-16(10-15)14(11-23-17)6-7-22-19-13-21-12-18(24-19)20(26)25-8-2-3-9-25/h4-5,10-13,23H,2-3,6-9H2,1H3,(H,22,24). The van der Waals surface area contributed by atoms with E-state index in [1.165, 1.54) is 11.8 Å². The summed E-state index contributed by atoms with van der Waals surface area (Å²) in [4.78, 5) is 26.2. The molecule has 0 spiro atoms. The van der Waals surface area contributed by atoms with E-state index in [9.17, 15) is 4.79 Å². The molecule has 0 unspecified atom stereocenters. The molecule has 2 aromatic heterocycles. The van der Waals surface area contributed by atoms with Crippen LogP contribution < -0.4 is 10.1 Å². The average molecular weight is 365 g/mol. The van der Waals surface area contributed by atoms with E-state index in [0.29, 0.717) is 18.1 Å². The van der Waals surface area contributed by atoms with Crippen molar-refractivity contribution in [3.8, 4) is 5.75 Å². The van der Waals surface area contributed by atoms with Crippen LogP contribution in [0.5, 0.6) is 5.75 Å². The molecular formula is C20H23N5O2. The monoisotopic (exact) mass is 365 g/mol. The van der Waals surface area contributed by atoms with Gasteiger partial charge in [0.2, 0.25) is 0 Å². The van der Waals surface area contributed by atoms with Crippen LogP contribution in [0.15, 0.2) is 36.8 Å². The first-order valence-corrected chi connectivity index (χ1v) is 9.24. The zero-order valence-corrected chi connectivity index (χ0v) is 15.4. The molecule has 0 bridgehead atoms. The number of nitrogens with zero attached hydrogens (tertiary/aromatic N) is 3. The van der Waals surface area contributed by atoms with Crippen molar-refractivity contribution in [1.29, 1.82) is 0 Å². The van der Waals surface area contributed by atoms with Gasteiger partial charge in [-0.25, -0.2) is 4.98 Å². The number of anilines is 1. The second kappa shape index (κ2) is 7.65. The van der Waals surface area contributed by atoms with Gasteiger partial charge in [-0.3, -0.25) is 9.78 Å². The van der Waals surface area contributed by atoms with E-state index in [4.69, 9.17) is 4.74 Å². The number of hydrogen-bond acceptors (Lipinski definition) is 5. The zero-order chi connectivity index (χ0) is 18.6. The summed E-state index contributed by atoms with van der Waals surface area (Å²) in [6, 6.07) is 6.00. The first kappa shape index (κ1) is 17.3. The molecular weight excluding hydrogens is 342 g/mol. The second-order valence-corrected chi connectivity index (χ2v) is 6.69. The lowest BCUT2D eigenvalue weighted by molar-refractivity contribution is 0.0786. The molecule has 2 N–H and O–H groups in total. The van der Waals surface area contributed by atoms with Gasteiger partial charge in [0, 0.05) is 36.7 Å². The molecule has 0 aliphatic carbocycles. The zero-order valence-electron chi connectivity index (χ0n) is 15.4. The fraction of sp³-hybridized carbons (Fsp3) is 0.350. The number of rotatable bonds is 6. The summed E-state index contributed by atoms with van der Waals surface area (Å²) in [5.41, 5.74) is 2.69. The molecule has 3 heterocycles. The van der Waals surface area contributed by atoms with Crippen molar-refractivity contribution in [3.05, 3.63) is 48.0 Å². The number of fused-ring (bicyclic) bond motifs is 1. The average Bonchev–Trinajstić information content (AvgIpc) is 3.37. The fourth-order valence-corrected chi connectivity index (χ4v) is 3.45. The third kappa shape index (κ3) is 3.72. The largest absolute Gasteiger partial charge is 0.497 e. The number of hydrogen-bond donors (Lipinski definition) is 2. The van der Waals surface area contributed by atoms with E-state index in [1.54, 1.807) is 13.3 Å². The number of benzene rings is 1. The van der Waals surface area contributed by atoms with Gasteiger partial charge in [-0.2, -0.15) is 0 Å². The van der Waals surface area contributed by atoms with Crippen LogP contribution in [-0.4, -0.2) is 52.5 Å². The predicted molar refractivity (Wildman–Crippen MR) is 104 cm³/mol. The molecule has 7 heteroatoms. The number of nitrogens with one attached hydrogen (secondary N) is 2. The summed E-state index contributed by atoms with van der Waals surface area (Å²) < 4.78 is 5.31. The molecule has 0 radical (unpaired) electrons. The number of amides is 1. The van der Waals surface area contributed by atoms with E-state index in [-0.39, 0.29) is 5.91 Å². The summed E-state index contributed by atoms with van der Waals surface area (Å²) in [6.45, 7) is 2.31. The highest BCUT2D eigenvalue weighted by Gasteiger charge is 2.21. The van der Waals surface area contributed by atoms with Crippen LogP contribution in [0.1, 0.15) is 28.9 Å². The molecule has 1 saturated heterocycles. The van der Waals surface area contributed by atoms with Crippen LogP contribution in [0.4, 0.5) is 5.82 Å². The van der Waals surface area contributed by atoms with Gasteiger partial charge >= 0.3 is 0 Å². The molecule has 7 nitrogen and oxygen atoms in total. The van der Waals surface area contributed by atoms with Crippen LogP contribution in [0, 0.1) is 0 Å². The lowest BCUT2D eigenvalue weighted by atomic mass is 10.1. The number of carbonyl (C=O) groups excluding carboxylic acids is 1. The van der Waals surface area contributed by atoms with E-state index in [1.807, 2.05) is 29.3 Å². The third-order valence-corrected chi connectivity index (χ3v) is 4.92. The molecule has 1 aliphatic rings. The van der Waals surface area contributed by atoms with Crippen LogP contribution in [-0.2, 0) is 6.42 Å². The van der Waals surface area contributed by atoms with E-state index < -0.39 is 0 Å². The second-order valence-electron chi connectivity index (χ2n) is 6.69. The molecule has 1 amide bonds. The topological polar surface area (TPSA) is 83.1 Å². The molecule has 27 heavy (non-hydrogen) atoms. The molecule has 4 rings (SSSR count). The minimum absolute atomic E-state index is 0.0348. The van der Waals surface area contributed by atoms with Crippen LogP contribution in [0.25, 0.3) is 10.9 Å². The van der Waals surface area contributed by atoms with Crippen molar-refractivity contribution in [2.75, 3.05) is 32.1 Å². The van der Waals surface area contributed by atoms with Crippen LogP contribution >= 0.6 is 0 Å². The van der Waals surface area contributed by atoms with Crippen molar-refractivity contribution in [1.82, 2.24) is 19.9 Å². The van der Waals surface area contributed by atoms with Crippen molar-refractivity contribution in [2.45, 2.75) is 19.3 Å². The fourth-order valence-electron chi connectivity index (χ4n) is 3.45. The maximum absolute atomic E-state index is 12.4. The summed E-state index contributed by atoms with van der Waals surface area (Å²) in [7, 11) is 1.67. The Bertz CT molecular complexity index is 946. The summed E-state index contributed by atoms with van der Waals surface area (Å²) in [6.07, 6.45) is 8.15. The first-order valence-electron chi connectivity index (χ1n) is 9.24. The SMILES string of the molecule is COc1ccc2[nH]cc(CCNc3cncc(C(=O)N4CCCC4)n3)c2c1. The van der Waals surface area contributed by atoms with Gasteiger partial charge in [-0.1, -0.05) is 0 Å². The number of ether oxygens (including phenoxy) is 1. The Labute approximate surface area is 157 Å².